The third kappa shape index (κ3) is 2.66. The Morgan fingerprint density at radius 1 is 0.600 bits per heavy atom. The molecular weight excluding hydrogens is 404 g/mol. The predicted molar refractivity (Wildman–Crippen MR) is 134 cm³/mol. The molecule has 30 heavy (non-hydrogen) atoms. The van der Waals surface area contributed by atoms with Crippen LogP contribution in [0.2, 0.25) is 0 Å². The van der Waals surface area contributed by atoms with Gasteiger partial charge in [0.05, 0.1) is 0 Å². The number of thiophene rings is 1. The van der Waals surface area contributed by atoms with E-state index < -0.39 is 0 Å². The Morgan fingerprint density at radius 2 is 1.20 bits per heavy atom. The minimum absolute atomic E-state index is 0.0343. The summed E-state index contributed by atoms with van der Waals surface area (Å²) < 4.78 is 2.72. The highest BCUT2D eigenvalue weighted by Crippen LogP contribution is 2.53. The van der Waals surface area contributed by atoms with E-state index in [0.717, 1.165) is 0 Å². The van der Waals surface area contributed by atoms with Gasteiger partial charge in [0, 0.05) is 32.0 Å². The molecule has 6 rings (SSSR count). The monoisotopic (exact) mass is 426 g/mol. The molecule has 1 heterocycles. The molecule has 0 aliphatic heterocycles. The Hall–Kier alpha value is -2.61. The van der Waals surface area contributed by atoms with E-state index >= 15 is 0 Å². The summed E-state index contributed by atoms with van der Waals surface area (Å²) in [6.07, 6.45) is 1.47. The molecule has 1 aromatic heterocycles. The summed E-state index contributed by atoms with van der Waals surface area (Å²) in [5.74, 6) is 0. The molecule has 4 aromatic carbocycles. The highest BCUT2D eigenvalue weighted by molar-refractivity contribution is 7.25. The van der Waals surface area contributed by atoms with Gasteiger partial charge in [-0.3, -0.25) is 0 Å². The molecule has 0 bridgehead atoms. The van der Waals surface area contributed by atoms with E-state index in [9.17, 15) is 0 Å². The highest BCUT2D eigenvalue weighted by atomic mass is 35.5. The first-order chi connectivity index (χ1) is 14.7. The fraction of sp³-hybridized carbons (Fsp3) is 0.143. The molecule has 0 nitrogen and oxygen atoms in total. The topological polar surface area (TPSA) is 0 Å². The van der Waals surface area contributed by atoms with E-state index in [4.69, 9.17) is 0 Å². The van der Waals surface area contributed by atoms with Crippen LogP contribution in [-0.2, 0) is 5.41 Å². The van der Waals surface area contributed by atoms with Crippen molar-refractivity contribution in [3.8, 4) is 22.3 Å². The van der Waals surface area contributed by atoms with Crippen LogP contribution in [0.15, 0.2) is 84.9 Å². The molecule has 0 saturated carbocycles. The second-order valence-electron chi connectivity index (χ2n) is 8.18. The van der Waals surface area contributed by atoms with Crippen molar-refractivity contribution in [3.05, 3.63) is 96.1 Å². The molecule has 0 spiro atoms. The maximum absolute atomic E-state index is 4.64. The average molecular weight is 427 g/mol. The minimum Gasteiger partial charge on any atom is -0.135 e. The smallest absolute Gasteiger partial charge is 0.0361 e. The summed E-state index contributed by atoms with van der Waals surface area (Å²) in [6.45, 7) is 4.70. The van der Waals surface area contributed by atoms with Gasteiger partial charge in [-0.2, -0.15) is 0 Å². The van der Waals surface area contributed by atoms with Gasteiger partial charge in [-0.15, -0.1) is 22.9 Å². The average Bonchev–Trinajstić information content (AvgIpc) is 3.29. The molecule has 0 radical (unpaired) electrons. The lowest BCUT2D eigenvalue weighted by molar-refractivity contribution is 0.660. The van der Waals surface area contributed by atoms with Crippen LogP contribution in [0.1, 0.15) is 25.0 Å². The van der Waals surface area contributed by atoms with Crippen LogP contribution in [0.3, 0.4) is 0 Å². The Labute approximate surface area is 186 Å². The second-order valence-corrected chi connectivity index (χ2v) is 9.26. The quantitative estimate of drug-likeness (QED) is 0.235. The summed E-state index contributed by atoms with van der Waals surface area (Å²) in [4.78, 5) is 0. The first kappa shape index (κ1) is 19.4. The van der Waals surface area contributed by atoms with Crippen molar-refractivity contribution in [3.63, 3.8) is 0 Å². The van der Waals surface area contributed by atoms with Crippen LogP contribution in [0.4, 0.5) is 0 Å². The van der Waals surface area contributed by atoms with E-state index in [2.05, 4.69) is 110 Å². The van der Waals surface area contributed by atoms with Gasteiger partial charge >= 0.3 is 0 Å². The molecule has 0 N–H and O–H groups in total. The van der Waals surface area contributed by atoms with Crippen LogP contribution in [0.25, 0.3) is 42.4 Å². The Bertz CT molecular complexity index is 1390. The predicted octanol–water partition coefficient (Wildman–Crippen LogP) is 8.88. The lowest BCUT2D eigenvalue weighted by atomic mass is 9.82. The SMILES string of the molecule is CC1(C)c2ccccc2-c2c(-c3cccc4sc5ccccc5c34)cccc21.CCl. The van der Waals surface area contributed by atoms with Crippen LogP contribution in [-0.4, -0.2) is 6.38 Å². The largest absolute Gasteiger partial charge is 0.135 e. The number of hydrogen-bond acceptors (Lipinski definition) is 1. The standard InChI is InChI=1S/C27H20S.CH3Cl/c1-27(2)21-13-5-3-9-19(21)25-17(11-7-14-22(25)27)18-12-8-16-24-26(18)20-10-4-6-15-23(20)28-24;1-2/h3-16H,1-2H3;1H3. The van der Waals surface area contributed by atoms with E-state index in [0.29, 0.717) is 0 Å². The third-order valence-electron chi connectivity index (χ3n) is 6.30. The van der Waals surface area contributed by atoms with Crippen molar-refractivity contribution >= 4 is 43.1 Å². The van der Waals surface area contributed by atoms with E-state index in [1.807, 2.05) is 11.3 Å². The van der Waals surface area contributed by atoms with Gasteiger partial charge in [0.2, 0.25) is 0 Å². The molecule has 0 saturated heterocycles. The zero-order chi connectivity index (χ0) is 20.9. The molecule has 0 amide bonds. The molecule has 0 fully saturated rings. The van der Waals surface area contributed by atoms with Gasteiger partial charge < -0.3 is 0 Å². The number of hydrogen-bond donors (Lipinski definition) is 0. The van der Waals surface area contributed by atoms with Gasteiger partial charge in [-0.1, -0.05) is 86.6 Å². The van der Waals surface area contributed by atoms with Crippen molar-refractivity contribution < 1.29 is 0 Å². The van der Waals surface area contributed by atoms with Crippen molar-refractivity contribution in [1.29, 1.82) is 0 Å². The normalized spacial score (nSPS) is 13.6. The summed E-state index contributed by atoms with van der Waals surface area (Å²) >= 11 is 6.53. The minimum atomic E-state index is 0.0343. The van der Waals surface area contributed by atoms with Crippen LogP contribution < -0.4 is 0 Å². The number of benzene rings is 4. The Kier molecular flexibility index (Phi) is 4.69. The fourth-order valence-corrected chi connectivity index (χ4v) is 6.11. The lowest BCUT2D eigenvalue weighted by Gasteiger charge is -2.21. The van der Waals surface area contributed by atoms with E-state index in [1.54, 1.807) is 0 Å². The van der Waals surface area contributed by atoms with Crippen molar-refractivity contribution in [2.75, 3.05) is 6.38 Å². The van der Waals surface area contributed by atoms with Crippen LogP contribution in [0, 0.1) is 0 Å². The van der Waals surface area contributed by atoms with Crippen molar-refractivity contribution in [1.82, 2.24) is 0 Å². The van der Waals surface area contributed by atoms with Gasteiger partial charge in [0.1, 0.15) is 0 Å². The number of rotatable bonds is 1. The molecular formula is C28H23ClS. The Morgan fingerprint density at radius 3 is 2.07 bits per heavy atom. The summed E-state index contributed by atoms with van der Waals surface area (Å²) in [5, 5.41) is 2.75. The first-order valence-electron chi connectivity index (χ1n) is 10.2. The second kappa shape index (κ2) is 7.27. The third-order valence-corrected chi connectivity index (χ3v) is 7.44. The zero-order valence-corrected chi connectivity index (χ0v) is 18.9. The maximum Gasteiger partial charge on any atom is 0.0361 e. The fourth-order valence-electron chi connectivity index (χ4n) is 4.98. The summed E-state index contributed by atoms with van der Waals surface area (Å²) in [6, 6.07) is 31.3. The van der Waals surface area contributed by atoms with Crippen LogP contribution >= 0.6 is 22.9 Å². The van der Waals surface area contributed by atoms with E-state index in [1.165, 1.54) is 59.9 Å². The molecule has 2 heteroatoms. The van der Waals surface area contributed by atoms with Crippen molar-refractivity contribution in [2.45, 2.75) is 19.3 Å². The zero-order valence-electron chi connectivity index (χ0n) is 17.4. The van der Waals surface area contributed by atoms with Gasteiger partial charge in [-0.05, 0) is 45.5 Å². The lowest BCUT2D eigenvalue weighted by Crippen LogP contribution is -2.14. The molecule has 0 atom stereocenters. The number of halogens is 1. The molecule has 0 unspecified atom stereocenters. The first-order valence-corrected chi connectivity index (χ1v) is 11.8. The van der Waals surface area contributed by atoms with Gasteiger partial charge in [0.25, 0.3) is 0 Å². The highest BCUT2D eigenvalue weighted by Gasteiger charge is 2.36. The van der Waals surface area contributed by atoms with Gasteiger partial charge in [0.15, 0.2) is 0 Å². The number of fused-ring (bicyclic) bond motifs is 6. The molecule has 1 aliphatic rings. The molecule has 148 valence electrons. The summed E-state index contributed by atoms with van der Waals surface area (Å²) in [5.41, 5.74) is 8.39. The molecule has 1 aliphatic carbocycles. The molecule has 5 aromatic rings. The van der Waals surface area contributed by atoms with E-state index in [-0.39, 0.29) is 5.41 Å². The van der Waals surface area contributed by atoms with Gasteiger partial charge in [-0.25, -0.2) is 0 Å². The summed E-state index contributed by atoms with van der Waals surface area (Å²) in [7, 11) is 0. The number of alkyl halides is 1. The maximum atomic E-state index is 4.64. The van der Waals surface area contributed by atoms with Crippen LogP contribution in [0.5, 0.6) is 0 Å². The van der Waals surface area contributed by atoms with Crippen molar-refractivity contribution in [2.24, 2.45) is 0 Å². The Balaban J connectivity index is 0.000000937.